The number of aliphatic hydroxyl groups is 1. The SMILES string of the molecule is CCCSc1nc(N[C@@H]2C[C@@H]2c2ccc(F)c(F)c2)c2nnn([C@@H]3C[C@H](OCCO)[C@H]4OC(C)(C)O[C@H]43)c2n1. The highest BCUT2D eigenvalue weighted by Gasteiger charge is 2.56. The molecule has 3 aromatic rings. The molecule has 0 unspecified atom stereocenters. The van der Waals surface area contributed by atoms with Crippen molar-refractivity contribution in [2.75, 3.05) is 24.3 Å². The second-order valence-electron chi connectivity index (χ2n) is 10.7. The molecule has 39 heavy (non-hydrogen) atoms. The van der Waals surface area contributed by atoms with E-state index in [2.05, 4.69) is 22.6 Å². The van der Waals surface area contributed by atoms with Crippen LogP contribution in [0.1, 0.15) is 57.6 Å². The second kappa shape index (κ2) is 10.5. The molecule has 6 rings (SSSR count). The summed E-state index contributed by atoms with van der Waals surface area (Å²) in [6.45, 7) is 5.96. The monoisotopic (exact) mass is 562 g/mol. The summed E-state index contributed by atoms with van der Waals surface area (Å²) in [6, 6.07) is 3.80. The first-order valence-corrected chi connectivity index (χ1v) is 14.3. The lowest BCUT2D eigenvalue weighted by molar-refractivity contribution is -0.171. The van der Waals surface area contributed by atoms with E-state index in [1.165, 1.54) is 6.07 Å². The van der Waals surface area contributed by atoms with Gasteiger partial charge in [0, 0.05) is 24.1 Å². The van der Waals surface area contributed by atoms with Gasteiger partial charge in [-0.05, 0) is 44.4 Å². The van der Waals surface area contributed by atoms with Crippen molar-refractivity contribution in [2.24, 2.45) is 0 Å². The van der Waals surface area contributed by atoms with Gasteiger partial charge in [-0.15, -0.1) is 5.10 Å². The lowest BCUT2D eigenvalue weighted by atomic mass is 10.1. The number of aromatic nitrogens is 5. The summed E-state index contributed by atoms with van der Waals surface area (Å²) < 4.78 is 47.4. The molecule has 10 nitrogen and oxygen atoms in total. The van der Waals surface area contributed by atoms with Crippen LogP contribution in [0.4, 0.5) is 14.6 Å². The molecule has 0 spiro atoms. The van der Waals surface area contributed by atoms with Crippen LogP contribution in [0.25, 0.3) is 11.2 Å². The van der Waals surface area contributed by atoms with Gasteiger partial charge in [0.15, 0.2) is 39.6 Å². The number of nitrogens with zero attached hydrogens (tertiary/aromatic N) is 5. The number of nitrogens with one attached hydrogen (secondary N) is 1. The van der Waals surface area contributed by atoms with Crippen LogP contribution in [-0.4, -0.2) is 79.2 Å². The Bertz CT molecular complexity index is 1360. The Labute approximate surface area is 228 Å². The maximum Gasteiger partial charge on any atom is 0.191 e. The molecule has 2 saturated carbocycles. The minimum atomic E-state index is -0.853. The van der Waals surface area contributed by atoms with Gasteiger partial charge in [0.05, 0.1) is 25.4 Å². The van der Waals surface area contributed by atoms with Crippen molar-refractivity contribution < 1.29 is 28.1 Å². The van der Waals surface area contributed by atoms with Gasteiger partial charge >= 0.3 is 0 Å². The lowest BCUT2D eigenvalue weighted by Gasteiger charge is -2.23. The maximum absolute atomic E-state index is 13.8. The van der Waals surface area contributed by atoms with E-state index in [1.807, 2.05) is 13.8 Å². The minimum absolute atomic E-state index is 0.00150. The Kier molecular flexibility index (Phi) is 7.21. The van der Waals surface area contributed by atoms with Crippen LogP contribution in [0.2, 0.25) is 0 Å². The summed E-state index contributed by atoms with van der Waals surface area (Å²) in [5, 5.41) is 22.3. The number of ether oxygens (including phenoxy) is 3. The van der Waals surface area contributed by atoms with E-state index in [-0.39, 0.29) is 49.5 Å². The molecule has 3 aliphatic rings. The van der Waals surface area contributed by atoms with Crippen molar-refractivity contribution in [3.63, 3.8) is 0 Å². The van der Waals surface area contributed by atoms with Crippen LogP contribution in [-0.2, 0) is 14.2 Å². The zero-order valence-corrected chi connectivity index (χ0v) is 22.8. The number of aliphatic hydroxyl groups excluding tert-OH is 1. The van der Waals surface area contributed by atoms with Crippen molar-refractivity contribution in [1.82, 2.24) is 25.0 Å². The third-order valence-electron chi connectivity index (χ3n) is 7.34. The number of benzene rings is 1. The van der Waals surface area contributed by atoms with Gasteiger partial charge in [-0.3, -0.25) is 0 Å². The van der Waals surface area contributed by atoms with Crippen LogP contribution in [0, 0.1) is 11.6 Å². The molecule has 13 heteroatoms. The fourth-order valence-corrected chi connectivity index (χ4v) is 6.24. The molecule has 2 N–H and O–H groups in total. The summed E-state index contributed by atoms with van der Waals surface area (Å²) in [5.41, 5.74) is 1.85. The predicted octanol–water partition coefficient (Wildman–Crippen LogP) is 3.81. The summed E-state index contributed by atoms with van der Waals surface area (Å²) in [7, 11) is 0. The van der Waals surface area contributed by atoms with Crippen LogP contribution >= 0.6 is 11.8 Å². The molecular weight excluding hydrogens is 530 g/mol. The third kappa shape index (κ3) is 5.22. The van der Waals surface area contributed by atoms with E-state index in [4.69, 9.17) is 24.2 Å². The van der Waals surface area contributed by atoms with Gasteiger partial charge in [0.2, 0.25) is 0 Å². The Balaban J connectivity index is 1.31. The Morgan fingerprint density at radius 3 is 2.77 bits per heavy atom. The van der Waals surface area contributed by atoms with Gasteiger partial charge < -0.3 is 24.6 Å². The fraction of sp³-hybridized carbons (Fsp3) is 0.615. The van der Waals surface area contributed by atoms with E-state index in [1.54, 1.807) is 22.5 Å². The van der Waals surface area contributed by atoms with Gasteiger partial charge in [-0.1, -0.05) is 30.0 Å². The largest absolute Gasteiger partial charge is 0.394 e. The molecule has 0 bridgehead atoms. The summed E-state index contributed by atoms with van der Waals surface area (Å²) in [5.74, 6) is -1.03. The molecule has 3 heterocycles. The normalized spacial score (nSPS) is 29.2. The number of anilines is 1. The summed E-state index contributed by atoms with van der Waals surface area (Å²) in [6.07, 6.45) is 1.38. The molecule has 1 saturated heterocycles. The van der Waals surface area contributed by atoms with Crippen molar-refractivity contribution >= 4 is 28.7 Å². The standard InChI is InChI=1S/C26H32F2N6O4S/c1-4-9-39-25-30-23(29-17-11-14(17)13-5-6-15(27)16(28)10-13)20-24(31-25)34(33-32-20)18-12-19(36-8-7-35)22-21(18)37-26(2,3)38-22/h5-6,10,14,17-19,21-22,35H,4,7-9,11-12H2,1-3H3,(H,29,30,31)/t14-,17-,18-,19+,21+,22-/m1/s1. The highest BCUT2D eigenvalue weighted by molar-refractivity contribution is 7.99. The van der Waals surface area contributed by atoms with Crippen LogP contribution in [0.5, 0.6) is 0 Å². The molecule has 0 amide bonds. The quantitative estimate of drug-likeness (QED) is 0.279. The average Bonchev–Trinajstić information content (AvgIpc) is 3.24. The molecule has 1 aromatic carbocycles. The average molecular weight is 563 g/mol. The predicted molar refractivity (Wildman–Crippen MR) is 140 cm³/mol. The first-order valence-electron chi connectivity index (χ1n) is 13.3. The number of rotatable bonds is 10. The van der Waals surface area contributed by atoms with Gasteiger partial charge in [0.1, 0.15) is 12.2 Å². The van der Waals surface area contributed by atoms with E-state index in [9.17, 15) is 13.9 Å². The smallest absolute Gasteiger partial charge is 0.191 e. The molecule has 210 valence electrons. The second-order valence-corrected chi connectivity index (χ2v) is 11.7. The Morgan fingerprint density at radius 2 is 2.00 bits per heavy atom. The molecule has 0 radical (unpaired) electrons. The lowest BCUT2D eigenvalue weighted by Crippen LogP contribution is -2.31. The molecule has 2 aliphatic carbocycles. The first kappa shape index (κ1) is 26.8. The van der Waals surface area contributed by atoms with Crippen molar-refractivity contribution in [2.45, 2.75) is 87.3 Å². The zero-order valence-electron chi connectivity index (χ0n) is 22.0. The third-order valence-corrected chi connectivity index (χ3v) is 8.40. The van der Waals surface area contributed by atoms with Crippen molar-refractivity contribution in [3.8, 4) is 0 Å². The minimum Gasteiger partial charge on any atom is -0.394 e. The van der Waals surface area contributed by atoms with Crippen molar-refractivity contribution in [1.29, 1.82) is 0 Å². The van der Waals surface area contributed by atoms with Gasteiger partial charge in [-0.25, -0.2) is 23.4 Å². The van der Waals surface area contributed by atoms with Gasteiger partial charge in [0.25, 0.3) is 0 Å². The first-order chi connectivity index (χ1) is 18.8. The van der Waals surface area contributed by atoms with E-state index in [0.717, 1.165) is 30.2 Å². The van der Waals surface area contributed by atoms with E-state index < -0.39 is 17.4 Å². The highest BCUT2D eigenvalue weighted by atomic mass is 32.2. The van der Waals surface area contributed by atoms with Crippen molar-refractivity contribution in [3.05, 3.63) is 35.4 Å². The number of halogens is 2. The molecule has 3 fully saturated rings. The number of hydrogen-bond donors (Lipinski definition) is 2. The molecule has 1 aliphatic heterocycles. The topological polar surface area (TPSA) is 116 Å². The summed E-state index contributed by atoms with van der Waals surface area (Å²) in [4.78, 5) is 9.57. The van der Waals surface area contributed by atoms with Crippen LogP contribution in [0.3, 0.4) is 0 Å². The van der Waals surface area contributed by atoms with Crippen LogP contribution in [0.15, 0.2) is 23.4 Å². The number of hydrogen-bond acceptors (Lipinski definition) is 10. The number of thioether (sulfide) groups is 1. The Morgan fingerprint density at radius 1 is 1.18 bits per heavy atom. The maximum atomic E-state index is 13.8. The highest BCUT2D eigenvalue weighted by Crippen LogP contribution is 2.46. The summed E-state index contributed by atoms with van der Waals surface area (Å²) >= 11 is 1.55. The molecule has 2 aromatic heterocycles. The Hall–Kier alpha value is -2.45. The molecule has 6 atom stereocenters. The number of fused-ring (bicyclic) bond motifs is 2. The van der Waals surface area contributed by atoms with E-state index >= 15 is 0 Å². The van der Waals surface area contributed by atoms with Gasteiger partial charge in [-0.2, -0.15) is 0 Å². The van der Waals surface area contributed by atoms with E-state index in [0.29, 0.717) is 28.6 Å². The fourth-order valence-electron chi connectivity index (χ4n) is 5.55. The molecular formula is C26H32F2N6O4S. The van der Waals surface area contributed by atoms with Crippen LogP contribution < -0.4 is 5.32 Å². The zero-order chi connectivity index (χ0) is 27.3.